The van der Waals surface area contributed by atoms with Crippen LogP contribution in [-0.2, 0) is 16.0 Å². The summed E-state index contributed by atoms with van der Waals surface area (Å²) in [4.78, 5) is 27.2. The zero-order chi connectivity index (χ0) is 17.8. The summed E-state index contributed by atoms with van der Waals surface area (Å²) in [5.41, 5.74) is 6.87. The number of carbonyl (C=O) groups excluding carboxylic acids is 2. The van der Waals surface area contributed by atoms with Crippen LogP contribution >= 0.6 is 0 Å². The fraction of sp³-hybridized carbons (Fsp3) is 0.118. The van der Waals surface area contributed by atoms with Crippen LogP contribution in [0, 0.1) is 0 Å². The Morgan fingerprint density at radius 1 is 1.12 bits per heavy atom. The molecule has 0 saturated carbocycles. The van der Waals surface area contributed by atoms with Gasteiger partial charge in [-0.3, -0.25) is 25.4 Å². The second kappa shape index (κ2) is 6.91. The smallest absolute Gasteiger partial charge is 0.260 e. The van der Waals surface area contributed by atoms with E-state index in [1.54, 1.807) is 24.3 Å². The molecule has 128 valence electrons. The first kappa shape index (κ1) is 16.3. The van der Waals surface area contributed by atoms with E-state index in [0.717, 1.165) is 5.56 Å². The molecule has 0 aromatic heterocycles. The standard InChI is InChI=1S/C17H16N4O4/c22-13-5-6-14(23)11(7-13)8-15(24)19-12-3-1-10(2-4-12)17-18-9-16(25)20-21-17/h1-7,22-23H,8-9H2,(H,18,21)(H,19,24)(H,20,25). The Morgan fingerprint density at radius 3 is 2.56 bits per heavy atom. The summed E-state index contributed by atoms with van der Waals surface area (Å²) >= 11 is 0. The highest BCUT2D eigenvalue weighted by Gasteiger charge is 2.12. The number of benzene rings is 2. The fourth-order valence-electron chi connectivity index (χ4n) is 2.33. The average molecular weight is 340 g/mol. The van der Waals surface area contributed by atoms with Crippen LogP contribution in [0.1, 0.15) is 11.1 Å². The van der Waals surface area contributed by atoms with Crippen molar-refractivity contribution in [2.45, 2.75) is 6.42 Å². The number of aliphatic imine (C=N–C) groups is 1. The van der Waals surface area contributed by atoms with E-state index in [1.807, 2.05) is 0 Å². The molecule has 0 radical (unpaired) electrons. The molecule has 1 heterocycles. The monoisotopic (exact) mass is 340 g/mol. The molecule has 0 fully saturated rings. The SMILES string of the molecule is O=C1CN=C(c2ccc(NC(=O)Cc3cc(O)ccc3O)cc2)NN1. The van der Waals surface area contributed by atoms with E-state index in [1.165, 1.54) is 18.2 Å². The Morgan fingerprint density at radius 2 is 1.88 bits per heavy atom. The Hall–Kier alpha value is -3.55. The number of amides is 2. The third-order valence-electron chi connectivity index (χ3n) is 3.56. The molecule has 2 amide bonds. The Kier molecular flexibility index (Phi) is 4.51. The van der Waals surface area contributed by atoms with Gasteiger partial charge in [-0.05, 0) is 42.5 Å². The largest absolute Gasteiger partial charge is 0.508 e. The van der Waals surface area contributed by atoms with Crippen LogP contribution in [0.2, 0.25) is 0 Å². The first-order valence-corrected chi connectivity index (χ1v) is 7.52. The first-order valence-electron chi connectivity index (χ1n) is 7.52. The summed E-state index contributed by atoms with van der Waals surface area (Å²) in [7, 11) is 0. The van der Waals surface area contributed by atoms with Crippen LogP contribution in [0.5, 0.6) is 11.5 Å². The van der Waals surface area contributed by atoms with Gasteiger partial charge in [-0.1, -0.05) is 0 Å². The minimum Gasteiger partial charge on any atom is -0.508 e. The van der Waals surface area contributed by atoms with Crippen molar-refractivity contribution in [2.75, 3.05) is 11.9 Å². The van der Waals surface area contributed by atoms with Crippen LogP contribution in [0.25, 0.3) is 0 Å². The third-order valence-corrected chi connectivity index (χ3v) is 3.56. The Bertz CT molecular complexity index is 846. The highest BCUT2D eigenvalue weighted by atomic mass is 16.3. The second-order valence-electron chi connectivity index (χ2n) is 5.45. The van der Waals surface area contributed by atoms with Gasteiger partial charge >= 0.3 is 0 Å². The molecule has 0 unspecified atom stereocenters. The fourth-order valence-corrected chi connectivity index (χ4v) is 2.33. The van der Waals surface area contributed by atoms with Crippen LogP contribution in [0.4, 0.5) is 5.69 Å². The van der Waals surface area contributed by atoms with Gasteiger partial charge < -0.3 is 15.5 Å². The topological polar surface area (TPSA) is 123 Å². The maximum absolute atomic E-state index is 12.1. The number of phenols is 2. The van der Waals surface area contributed by atoms with Crippen molar-refractivity contribution in [3.8, 4) is 11.5 Å². The Labute approximate surface area is 143 Å². The lowest BCUT2D eigenvalue weighted by Crippen LogP contribution is -2.47. The zero-order valence-corrected chi connectivity index (χ0v) is 13.1. The molecule has 1 aliphatic heterocycles. The Balaban J connectivity index is 1.64. The van der Waals surface area contributed by atoms with Gasteiger partial charge in [-0.2, -0.15) is 0 Å². The van der Waals surface area contributed by atoms with Crippen molar-refractivity contribution in [2.24, 2.45) is 4.99 Å². The van der Waals surface area contributed by atoms with Crippen molar-refractivity contribution >= 4 is 23.3 Å². The van der Waals surface area contributed by atoms with Gasteiger partial charge in [0.2, 0.25) is 5.91 Å². The maximum Gasteiger partial charge on any atom is 0.260 e. The van der Waals surface area contributed by atoms with Crippen LogP contribution < -0.4 is 16.2 Å². The number of hydrazine groups is 1. The van der Waals surface area contributed by atoms with Crippen LogP contribution in [0.15, 0.2) is 47.5 Å². The second-order valence-corrected chi connectivity index (χ2v) is 5.45. The molecular weight excluding hydrogens is 324 g/mol. The summed E-state index contributed by atoms with van der Waals surface area (Å²) in [6.07, 6.45) is -0.0672. The van der Waals surface area contributed by atoms with Crippen LogP contribution in [-0.4, -0.2) is 34.4 Å². The average Bonchev–Trinajstić information content (AvgIpc) is 2.59. The third kappa shape index (κ3) is 4.05. The normalized spacial score (nSPS) is 13.4. The van der Waals surface area contributed by atoms with Gasteiger partial charge in [-0.15, -0.1) is 0 Å². The molecule has 3 rings (SSSR count). The van der Waals surface area contributed by atoms with E-state index in [4.69, 9.17) is 0 Å². The number of rotatable bonds is 4. The van der Waals surface area contributed by atoms with Gasteiger partial charge in [0.1, 0.15) is 23.9 Å². The van der Waals surface area contributed by atoms with Gasteiger partial charge in [0, 0.05) is 16.8 Å². The summed E-state index contributed by atoms with van der Waals surface area (Å²) < 4.78 is 0. The van der Waals surface area contributed by atoms with Crippen molar-refractivity contribution in [1.82, 2.24) is 10.9 Å². The molecule has 0 spiro atoms. The molecule has 1 aliphatic rings. The van der Waals surface area contributed by atoms with E-state index in [0.29, 0.717) is 17.1 Å². The van der Waals surface area contributed by atoms with E-state index in [-0.39, 0.29) is 36.3 Å². The van der Waals surface area contributed by atoms with Gasteiger partial charge in [-0.25, -0.2) is 0 Å². The summed E-state index contributed by atoms with van der Waals surface area (Å²) in [5, 5.41) is 21.8. The molecule has 0 saturated heterocycles. The quantitative estimate of drug-likeness (QED) is 0.523. The van der Waals surface area contributed by atoms with E-state index < -0.39 is 0 Å². The highest BCUT2D eigenvalue weighted by molar-refractivity contribution is 6.03. The number of anilines is 1. The van der Waals surface area contributed by atoms with Crippen LogP contribution in [0.3, 0.4) is 0 Å². The predicted molar refractivity (Wildman–Crippen MR) is 91.2 cm³/mol. The summed E-state index contributed by atoms with van der Waals surface area (Å²) in [6.45, 7) is 0.0637. The van der Waals surface area contributed by atoms with Crippen molar-refractivity contribution in [1.29, 1.82) is 0 Å². The molecule has 2 aromatic carbocycles. The molecule has 2 aromatic rings. The number of phenolic OH excluding ortho intramolecular Hbond substituents is 2. The van der Waals surface area contributed by atoms with Crippen molar-refractivity contribution < 1.29 is 19.8 Å². The number of hydrogen-bond acceptors (Lipinski definition) is 6. The van der Waals surface area contributed by atoms with Crippen molar-refractivity contribution in [3.63, 3.8) is 0 Å². The predicted octanol–water partition coefficient (Wildman–Crippen LogP) is 0.660. The molecule has 25 heavy (non-hydrogen) atoms. The number of aromatic hydroxyl groups is 2. The molecule has 5 N–H and O–H groups in total. The number of carbonyl (C=O) groups is 2. The molecule has 8 heteroatoms. The minimum absolute atomic E-state index is 0.0159. The summed E-state index contributed by atoms with van der Waals surface area (Å²) in [5.74, 6) is -0.0522. The molecule has 0 bridgehead atoms. The van der Waals surface area contributed by atoms with Crippen molar-refractivity contribution in [3.05, 3.63) is 53.6 Å². The number of amidine groups is 1. The maximum atomic E-state index is 12.1. The lowest BCUT2D eigenvalue weighted by atomic mass is 10.1. The van der Waals surface area contributed by atoms with Gasteiger partial charge in [0.15, 0.2) is 0 Å². The number of nitrogens with one attached hydrogen (secondary N) is 3. The molecular formula is C17H16N4O4. The number of nitrogens with zero attached hydrogens (tertiary/aromatic N) is 1. The van der Waals surface area contributed by atoms with E-state index >= 15 is 0 Å². The lowest BCUT2D eigenvalue weighted by molar-refractivity contribution is -0.120. The molecule has 0 aliphatic carbocycles. The lowest BCUT2D eigenvalue weighted by Gasteiger charge is -2.15. The molecule has 8 nitrogen and oxygen atoms in total. The van der Waals surface area contributed by atoms with E-state index in [2.05, 4.69) is 21.2 Å². The van der Waals surface area contributed by atoms with Gasteiger partial charge in [0.25, 0.3) is 5.91 Å². The zero-order valence-electron chi connectivity index (χ0n) is 13.1. The number of hydrogen-bond donors (Lipinski definition) is 5. The highest BCUT2D eigenvalue weighted by Crippen LogP contribution is 2.23. The minimum atomic E-state index is -0.325. The molecule has 0 atom stereocenters. The summed E-state index contributed by atoms with van der Waals surface area (Å²) in [6, 6.07) is 10.9. The first-order chi connectivity index (χ1) is 12.0. The van der Waals surface area contributed by atoms with Gasteiger partial charge in [0.05, 0.1) is 6.42 Å². The van der Waals surface area contributed by atoms with E-state index in [9.17, 15) is 19.8 Å².